The number of nitrogens with zero attached hydrogens (tertiary/aromatic N) is 6. The maximum absolute atomic E-state index is 15.0. The molecule has 3 saturated heterocycles. The molecule has 21 heteroatoms. The number of carbonyl (C=O) groups excluding carboxylic acids is 1. The molecule has 1 aromatic carbocycles. The number of alkyl halides is 1. The maximum Gasteiger partial charge on any atom is 0.311 e. The Bertz CT molecular complexity index is 2380. The summed E-state index contributed by atoms with van der Waals surface area (Å²) in [6, 6.07) is 9.10. The van der Waals surface area contributed by atoms with E-state index in [1.807, 2.05) is 68.1 Å². The molecule has 0 unspecified atom stereocenters. The quantitative estimate of drug-likeness (QED) is 0.0747. The van der Waals surface area contributed by atoms with Crippen molar-refractivity contribution in [3.8, 4) is 11.1 Å². The lowest BCUT2D eigenvalue weighted by atomic mass is 9.77. The van der Waals surface area contributed by atoms with E-state index in [-0.39, 0.29) is 25.2 Å². The van der Waals surface area contributed by atoms with Gasteiger partial charge in [0.05, 0.1) is 47.2 Å². The summed E-state index contributed by atoms with van der Waals surface area (Å²) < 4.78 is 61.5. The Morgan fingerprint density at radius 2 is 1.63 bits per heavy atom. The molecule has 5 N–H and O–H groups in total. The van der Waals surface area contributed by atoms with Crippen LogP contribution >= 0.6 is 0 Å². The highest BCUT2D eigenvalue weighted by Gasteiger charge is 2.53. The third-order valence-corrected chi connectivity index (χ3v) is 17.2. The molecule has 20 nitrogen and oxygen atoms in total. The maximum atomic E-state index is 15.0. The van der Waals surface area contributed by atoms with E-state index in [9.17, 15) is 39.9 Å². The minimum atomic E-state index is -1.86. The van der Waals surface area contributed by atoms with Crippen molar-refractivity contribution in [3.05, 3.63) is 71.0 Å². The van der Waals surface area contributed by atoms with Crippen LogP contribution in [0.5, 0.6) is 0 Å². The van der Waals surface area contributed by atoms with Crippen molar-refractivity contribution in [1.82, 2.24) is 24.8 Å². The molecule has 20 atom stereocenters. The molecule has 0 bridgehead atoms. The van der Waals surface area contributed by atoms with Gasteiger partial charge < -0.3 is 73.7 Å². The Balaban J connectivity index is 1.25. The number of rotatable bonds is 16. The van der Waals surface area contributed by atoms with Crippen LogP contribution in [0.3, 0.4) is 0 Å². The minimum absolute atomic E-state index is 0.0770. The monoisotopic (exact) mass is 1100 g/mol. The largest absolute Gasteiger partial charge is 0.618 e. The first-order valence-electron chi connectivity index (χ1n) is 27.7. The van der Waals surface area contributed by atoms with Gasteiger partial charge in [0.15, 0.2) is 24.5 Å². The number of benzene rings is 1. The lowest BCUT2D eigenvalue weighted by molar-refractivity contribution is -0.611. The SMILES string of the molecule is CC[C@H]1OC(=O)[C@H](C)[C@@H](O[C@H]2C[C@@](C)(OC)[C@@H](O)[C@H](C)O2)[C@H](C)[C@@H](O[C@@H]2O[C@H](C)C[C@H](N(C)CCc3cn([C@H](CF)[C@H](OC)c4ccc(-c5ccc(C)[n+]([O-])c5)cc4)nn3)[C@H]2O)[C@](C)(O)C[C@@H](C)CN(C)[C@H](C)[C@@H](O)[C@]1(C)O. The second kappa shape index (κ2) is 26.4. The zero-order chi connectivity index (χ0) is 57.8. The number of halogens is 1. The molecule has 2 aromatic heterocycles. The van der Waals surface area contributed by atoms with Gasteiger partial charge in [0, 0.05) is 82.9 Å². The molecule has 5 heterocycles. The number of esters is 1. The first kappa shape index (κ1) is 63.4. The van der Waals surface area contributed by atoms with Gasteiger partial charge in [-0.15, -0.1) is 5.10 Å². The zero-order valence-corrected chi connectivity index (χ0v) is 48.6. The average Bonchev–Trinajstić information content (AvgIpc) is 3.90. The van der Waals surface area contributed by atoms with Gasteiger partial charge in [0.25, 0.3) is 0 Å². The van der Waals surface area contributed by atoms with Crippen molar-refractivity contribution >= 4 is 5.97 Å². The molecule has 0 spiro atoms. The van der Waals surface area contributed by atoms with E-state index in [1.165, 1.54) is 32.0 Å². The topological polar surface area (TPSA) is 247 Å². The Morgan fingerprint density at radius 1 is 0.962 bits per heavy atom. The fraction of sp³-hybridized carbons (Fsp3) is 0.754. The molecular weight excluding hydrogens is 1010 g/mol. The van der Waals surface area contributed by atoms with Gasteiger partial charge in [-0.25, -0.2) is 9.07 Å². The number of ether oxygens (including phenoxy) is 7. The average molecular weight is 1100 g/mol. The number of pyridine rings is 1. The normalized spacial score (nSPS) is 37.8. The molecule has 6 rings (SSSR count). The molecule has 0 amide bonds. The molecule has 3 aliphatic rings. The number of aliphatic hydroxyl groups excluding tert-OH is 3. The Morgan fingerprint density at radius 3 is 2.24 bits per heavy atom. The summed E-state index contributed by atoms with van der Waals surface area (Å²) in [5.74, 6) is -2.91. The number of hydrogen-bond donors (Lipinski definition) is 5. The van der Waals surface area contributed by atoms with E-state index >= 15 is 0 Å². The third-order valence-electron chi connectivity index (χ3n) is 17.2. The van der Waals surface area contributed by atoms with E-state index < -0.39 is 127 Å². The summed E-state index contributed by atoms with van der Waals surface area (Å²) in [6.45, 7) is 19.1. The lowest BCUT2D eigenvalue weighted by Crippen LogP contribution is -2.61. The molecule has 78 heavy (non-hydrogen) atoms. The number of methoxy groups -OCH3 is 2. The van der Waals surface area contributed by atoms with E-state index in [4.69, 9.17) is 33.2 Å². The van der Waals surface area contributed by atoms with Crippen LogP contribution < -0.4 is 4.73 Å². The number of hydrogen-bond acceptors (Lipinski definition) is 18. The molecule has 3 fully saturated rings. The van der Waals surface area contributed by atoms with Gasteiger partial charge in [0.2, 0.25) is 0 Å². The Hall–Kier alpha value is -3.81. The lowest BCUT2D eigenvalue weighted by Gasteiger charge is -2.49. The summed E-state index contributed by atoms with van der Waals surface area (Å²) in [5.41, 5.74) is -1.16. The van der Waals surface area contributed by atoms with E-state index in [0.717, 1.165) is 21.4 Å². The van der Waals surface area contributed by atoms with Crippen molar-refractivity contribution in [2.45, 2.75) is 211 Å². The molecule has 0 radical (unpaired) electrons. The smallest absolute Gasteiger partial charge is 0.311 e. The van der Waals surface area contributed by atoms with E-state index in [1.54, 1.807) is 67.7 Å². The van der Waals surface area contributed by atoms with Crippen LogP contribution in [-0.2, 0) is 44.4 Å². The van der Waals surface area contributed by atoms with Crippen molar-refractivity contribution in [3.63, 3.8) is 0 Å². The van der Waals surface area contributed by atoms with Crippen molar-refractivity contribution < 1.29 is 72.6 Å². The number of cyclic esters (lactones) is 1. The summed E-state index contributed by atoms with van der Waals surface area (Å²) >= 11 is 0. The summed E-state index contributed by atoms with van der Waals surface area (Å²) in [4.78, 5) is 18.4. The van der Waals surface area contributed by atoms with Crippen molar-refractivity contribution in [2.24, 2.45) is 17.8 Å². The Labute approximate surface area is 460 Å². The summed E-state index contributed by atoms with van der Waals surface area (Å²) in [6.07, 6.45) is -6.71. The first-order chi connectivity index (χ1) is 36.6. The predicted molar refractivity (Wildman–Crippen MR) is 287 cm³/mol. The van der Waals surface area contributed by atoms with Crippen molar-refractivity contribution in [2.75, 3.05) is 48.1 Å². The third kappa shape index (κ3) is 14.3. The summed E-state index contributed by atoms with van der Waals surface area (Å²) in [5, 5.41) is 80.9. The number of aliphatic hydroxyl groups is 5. The molecule has 440 valence electrons. The summed E-state index contributed by atoms with van der Waals surface area (Å²) in [7, 11) is 6.71. The van der Waals surface area contributed by atoms with Gasteiger partial charge >= 0.3 is 5.97 Å². The van der Waals surface area contributed by atoms with Crippen LogP contribution in [0, 0.1) is 29.9 Å². The molecular formula is C57H91FN6O14. The highest BCUT2D eigenvalue weighted by Crippen LogP contribution is 2.41. The van der Waals surface area contributed by atoms with Crippen molar-refractivity contribution in [1.29, 1.82) is 0 Å². The molecule has 0 saturated carbocycles. The number of carbonyl (C=O) groups is 1. The number of aryl methyl sites for hydroxylation is 1. The molecule has 3 aromatic rings. The predicted octanol–water partition coefficient (Wildman–Crippen LogP) is 4.61. The molecule has 3 aliphatic heterocycles. The van der Waals surface area contributed by atoms with Gasteiger partial charge in [-0.2, -0.15) is 4.73 Å². The van der Waals surface area contributed by atoms with Gasteiger partial charge in [-0.1, -0.05) is 50.3 Å². The highest BCUT2D eigenvalue weighted by atomic mass is 19.1. The van der Waals surface area contributed by atoms with Crippen LogP contribution in [0.25, 0.3) is 11.1 Å². The van der Waals surface area contributed by atoms with Crippen LogP contribution in [-0.4, -0.2) is 195 Å². The van der Waals surface area contributed by atoms with Gasteiger partial charge in [-0.3, -0.25) is 4.79 Å². The van der Waals surface area contributed by atoms with E-state index in [2.05, 4.69) is 10.3 Å². The highest BCUT2D eigenvalue weighted by molar-refractivity contribution is 5.73. The van der Waals surface area contributed by atoms with Gasteiger partial charge in [0.1, 0.15) is 48.8 Å². The Kier molecular flexibility index (Phi) is 21.5. The van der Waals surface area contributed by atoms with Crippen LogP contribution in [0.2, 0.25) is 0 Å². The fourth-order valence-electron chi connectivity index (χ4n) is 12.1. The first-order valence-corrected chi connectivity index (χ1v) is 27.7. The second-order valence-corrected chi connectivity index (χ2v) is 23.5. The number of aromatic nitrogens is 4. The fourth-order valence-corrected chi connectivity index (χ4v) is 12.1. The van der Waals surface area contributed by atoms with Crippen LogP contribution in [0.4, 0.5) is 4.39 Å². The molecule has 0 aliphatic carbocycles. The standard InChI is InChI=1S/C57H91FN6O14/c1-16-45-57(11,70)50(66)37(7)62(13)29-32(2)26-55(9,69)52(35(5)48(36(6)53(68)76-45)77-46-27-56(10,73-15)51(67)38(8)75-46)78-54-47(65)43(25-34(4)74-54)61(12)24-23-42-31-63(60-59-42)44(28-58)49(72-14)40-21-19-39(20-22-40)41-18-17-33(3)64(71)30-41/h17-22,30-32,34-38,43-52,54,65-67,69-70H,16,23-29H2,1-15H3/t32-,34-,35+,36-,37-,38+,43+,44-,45-,46+,47-,48+,49-,50-,51+,52-,54+,55-,56-,57-/m1/s1. The van der Waals surface area contributed by atoms with Crippen LogP contribution in [0.15, 0.2) is 48.8 Å². The number of likely N-dealkylation sites (N-methyl/N-ethyl adjacent to an activating group) is 2. The van der Waals surface area contributed by atoms with Crippen LogP contribution in [0.1, 0.15) is 124 Å². The minimum Gasteiger partial charge on any atom is -0.618 e. The second-order valence-electron chi connectivity index (χ2n) is 23.5. The van der Waals surface area contributed by atoms with E-state index in [0.29, 0.717) is 37.3 Å². The van der Waals surface area contributed by atoms with Gasteiger partial charge in [-0.05, 0) is 105 Å². The zero-order valence-electron chi connectivity index (χ0n) is 48.6.